The van der Waals surface area contributed by atoms with Crippen molar-refractivity contribution < 1.29 is 10.2 Å². The summed E-state index contributed by atoms with van der Waals surface area (Å²) >= 11 is 0. The Morgan fingerprint density at radius 1 is 1.20 bits per heavy atom. The third-order valence-electron chi connectivity index (χ3n) is 1.80. The van der Waals surface area contributed by atoms with Gasteiger partial charge >= 0.3 is 0 Å². The molecule has 0 heterocycles. The second kappa shape index (κ2) is 3.50. The van der Waals surface area contributed by atoms with Crippen molar-refractivity contribution >= 4 is 12.4 Å². The van der Waals surface area contributed by atoms with Crippen molar-refractivity contribution in [1.82, 2.24) is 0 Å². The summed E-state index contributed by atoms with van der Waals surface area (Å²) in [5.41, 5.74) is 10.8. The second-order valence-corrected chi connectivity index (χ2v) is 2.53. The lowest BCUT2D eigenvalue weighted by molar-refractivity contribution is 0.0363. The normalized spacial score (nSPS) is 46.8. The van der Waals surface area contributed by atoms with Crippen LogP contribution in [0.1, 0.15) is 6.42 Å². The first-order valence-electron chi connectivity index (χ1n) is 3.00. The average molecular weight is 169 g/mol. The van der Waals surface area contributed by atoms with Gasteiger partial charge in [-0.3, -0.25) is 0 Å². The average Bonchev–Trinajstić information content (AvgIpc) is 1.98. The van der Waals surface area contributed by atoms with Crippen LogP contribution in [0.3, 0.4) is 0 Å². The Hall–Kier alpha value is 0.130. The first kappa shape index (κ1) is 10.1. The molecule has 0 aromatic rings. The van der Waals surface area contributed by atoms with E-state index in [1.54, 1.807) is 0 Å². The van der Waals surface area contributed by atoms with E-state index in [4.69, 9.17) is 21.7 Å². The molecule has 0 bridgehead atoms. The van der Waals surface area contributed by atoms with E-state index in [0.29, 0.717) is 6.42 Å². The van der Waals surface area contributed by atoms with Gasteiger partial charge in [0, 0.05) is 12.1 Å². The zero-order valence-corrected chi connectivity index (χ0v) is 6.29. The van der Waals surface area contributed by atoms with Gasteiger partial charge in [-0.1, -0.05) is 0 Å². The molecule has 1 fully saturated rings. The van der Waals surface area contributed by atoms with Gasteiger partial charge in [0.1, 0.15) is 0 Å². The quantitative estimate of drug-likeness (QED) is 0.343. The van der Waals surface area contributed by atoms with E-state index in [9.17, 15) is 0 Å². The van der Waals surface area contributed by atoms with Crippen LogP contribution in [0.4, 0.5) is 0 Å². The molecule has 1 aliphatic carbocycles. The maximum absolute atomic E-state index is 8.98. The van der Waals surface area contributed by atoms with Gasteiger partial charge in [0.15, 0.2) is 0 Å². The Balaban J connectivity index is 0.000000810. The number of aliphatic hydroxyl groups excluding tert-OH is 2. The number of nitrogens with two attached hydrogens (primary N) is 2. The standard InChI is InChI=1S/C5H12N2O2.ClH/c6-2-1-3(8)5(9)4(2)7;/h2-5,8-9H,1,6-7H2;1H. The fraction of sp³-hybridized carbons (Fsp3) is 1.00. The molecule has 62 valence electrons. The zero-order valence-electron chi connectivity index (χ0n) is 5.47. The predicted molar refractivity (Wildman–Crippen MR) is 39.8 cm³/mol. The van der Waals surface area contributed by atoms with Gasteiger partial charge in [0.25, 0.3) is 0 Å². The molecular formula is C5H13ClN2O2. The zero-order chi connectivity index (χ0) is 7.02. The molecule has 0 aliphatic heterocycles. The number of hydrogen-bond acceptors (Lipinski definition) is 4. The van der Waals surface area contributed by atoms with Crippen LogP contribution in [0.2, 0.25) is 0 Å². The van der Waals surface area contributed by atoms with E-state index in [1.165, 1.54) is 0 Å². The van der Waals surface area contributed by atoms with Crippen LogP contribution in [0.5, 0.6) is 0 Å². The Morgan fingerprint density at radius 2 is 1.70 bits per heavy atom. The lowest BCUT2D eigenvalue weighted by atomic mass is 10.2. The van der Waals surface area contributed by atoms with Gasteiger partial charge in [0.2, 0.25) is 0 Å². The van der Waals surface area contributed by atoms with E-state index in [1.807, 2.05) is 0 Å². The van der Waals surface area contributed by atoms with E-state index in [0.717, 1.165) is 0 Å². The largest absolute Gasteiger partial charge is 0.390 e. The van der Waals surface area contributed by atoms with E-state index in [2.05, 4.69) is 0 Å². The van der Waals surface area contributed by atoms with Crippen LogP contribution in [0.15, 0.2) is 0 Å². The van der Waals surface area contributed by atoms with Crippen molar-refractivity contribution in [3.8, 4) is 0 Å². The Bertz CT molecular complexity index is 102. The molecule has 0 aromatic carbocycles. The highest BCUT2D eigenvalue weighted by atomic mass is 35.5. The summed E-state index contributed by atoms with van der Waals surface area (Å²) in [6.07, 6.45) is -1.16. The molecule has 6 N–H and O–H groups in total. The van der Waals surface area contributed by atoms with Crippen molar-refractivity contribution in [1.29, 1.82) is 0 Å². The molecule has 0 amide bonds. The van der Waals surface area contributed by atoms with Crippen LogP contribution in [0, 0.1) is 0 Å². The minimum atomic E-state index is -0.833. The second-order valence-electron chi connectivity index (χ2n) is 2.53. The number of rotatable bonds is 0. The van der Waals surface area contributed by atoms with Gasteiger partial charge in [-0.25, -0.2) is 0 Å². The minimum absolute atomic E-state index is 0. The summed E-state index contributed by atoms with van der Waals surface area (Å²) < 4.78 is 0. The van der Waals surface area contributed by atoms with E-state index in [-0.39, 0.29) is 18.4 Å². The van der Waals surface area contributed by atoms with Crippen LogP contribution < -0.4 is 11.5 Å². The third kappa shape index (κ3) is 1.59. The predicted octanol–water partition coefficient (Wildman–Crippen LogP) is -1.81. The van der Waals surface area contributed by atoms with Gasteiger partial charge in [0.05, 0.1) is 12.2 Å². The molecule has 0 spiro atoms. The summed E-state index contributed by atoms with van der Waals surface area (Å²) in [4.78, 5) is 0. The summed E-state index contributed by atoms with van der Waals surface area (Å²) in [5, 5.41) is 17.9. The SMILES string of the molecule is Cl.NC1CC(O)C(O)C1N. The van der Waals surface area contributed by atoms with Crippen molar-refractivity contribution in [2.24, 2.45) is 11.5 Å². The van der Waals surface area contributed by atoms with Gasteiger partial charge in [-0.15, -0.1) is 12.4 Å². The molecule has 1 aliphatic rings. The monoisotopic (exact) mass is 168 g/mol. The number of hydrogen-bond donors (Lipinski definition) is 4. The Labute approximate surface area is 65.6 Å². The Morgan fingerprint density at radius 3 is 1.80 bits per heavy atom. The highest BCUT2D eigenvalue weighted by Gasteiger charge is 2.36. The first-order chi connectivity index (χ1) is 4.13. The lowest BCUT2D eigenvalue weighted by Gasteiger charge is -2.12. The molecule has 4 nitrogen and oxygen atoms in total. The lowest BCUT2D eigenvalue weighted by Crippen LogP contribution is -2.43. The molecule has 1 saturated carbocycles. The fourth-order valence-corrected chi connectivity index (χ4v) is 1.09. The van der Waals surface area contributed by atoms with Gasteiger partial charge in [-0.2, -0.15) is 0 Å². The van der Waals surface area contributed by atoms with Crippen LogP contribution in [-0.4, -0.2) is 34.5 Å². The summed E-state index contributed by atoms with van der Waals surface area (Å²) in [6.45, 7) is 0. The molecule has 5 heteroatoms. The van der Waals surface area contributed by atoms with Crippen LogP contribution >= 0.6 is 12.4 Å². The van der Waals surface area contributed by atoms with Crippen molar-refractivity contribution in [3.05, 3.63) is 0 Å². The smallest absolute Gasteiger partial charge is 0.0965 e. The molecule has 1 rings (SSSR count). The van der Waals surface area contributed by atoms with Gasteiger partial charge in [-0.05, 0) is 6.42 Å². The maximum atomic E-state index is 8.98. The molecule has 0 radical (unpaired) electrons. The van der Waals surface area contributed by atoms with Crippen molar-refractivity contribution in [2.75, 3.05) is 0 Å². The van der Waals surface area contributed by atoms with E-state index >= 15 is 0 Å². The van der Waals surface area contributed by atoms with E-state index < -0.39 is 18.2 Å². The number of aliphatic hydroxyl groups is 2. The highest BCUT2D eigenvalue weighted by Crippen LogP contribution is 2.16. The third-order valence-corrected chi connectivity index (χ3v) is 1.80. The maximum Gasteiger partial charge on any atom is 0.0965 e. The molecule has 10 heavy (non-hydrogen) atoms. The summed E-state index contributed by atoms with van der Waals surface area (Å²) in [5.74, 6) is 0. The Kier molecular flexibility index (Phi) is 3.55. The molecule has 0 saturated heterocycles. The first-order valence-corrected chi connectivity index (χ1v) is 3.00. The molecule has 4 atom stereocenters. The fourth-order valence-electron chi connectivity index (χ4n) is 1.09. The highest BCUT2D eigenvalue weighted by molar-refractivity contribution is 5.85. The topological polar surface area (TPSA) is 92.5 Å². The van der Waals surface area contributed by atoms with Crippen LogP contribution in [0.25, 0.3) is 0 Å². The number of halogens is 1. The molecule has 0 aromatic heterocycles. The van der Waals surface area contributed by atoms with Gasteiger partial charge < -0.3 is 21.7 Å². The van der Waals surface area contributed by atoms with Crippen molar-refractivity contribution in [2.45, 2.75) is 30.7 Å². The van der Waals surface area contributed by atoms with Crippen LogP contribution in [-0.2, 0) is 0 Å². The van der Waals surface area contributed by atoms with Crippen molar-refractivity contribution in [3.63, 3.8) is 0 Å². The minimum Gasteiger partial charge on any atom is -0.390 e. The molecule has 4 unspecified atom stereocenters. The summed E-state index contributed by atoms with van der Waals surface area (Å²) in [6, 6.07) is -0.713. The summed E-state index contributed by atoms with van der Waals surface area (Å²) in [7, 11) is 0. The molecular weight excluding hydrogens is 156 g/mol.